The Morgan fingerprint density at radius 3 is 2.78 bits per heavy atom. The number of rotatable bonds is 6. The molecule has 104 valence electrons. The van der Waals surface area contributed by atoms with E-state index in [0.717, 1.165) is 6.42 Å². The van der Waals surface area contributed by atoms with Crippen LogP contribution >= 0.6 is 0 Å². The number of hydrogen-bond donors (Lipinski definition) is 1. The van der Waals surface area contributed by atoms with Crippen molar-refractivity contribution in [2.45, 2.75) is 19.8 Å². The highest BCUT2D eigenvalue weighted by Crippen LogP contribution is 2.19. The van der Waals surface area contributed by atoms with Gasteiger partial charge in [-0.1, -0.05) is 6.92 Å². The largest absolute Gasteiger partial charge is 0.355 e. The van der Waals surface area contributed by atoms with Crippen molar-refractivity contribution >= 4 is 22.0 Å². The smallest absolute Gasteiger partial charge is 0.302 e. The van der Waals surface area contributed by atoms with Crippen LogP contribution in [0.15, 0.2) is 0 Å². The van der Waals surface area contributed by atoms with Crippen LogP contribution < -0.4 is 5.32 Å². The van der Waals surface area contributed by atoms with Crippen LogP contribution in [-0.4, -0.2) is 50.5 Å². The summed E-state index contributed by atoms with van der Waals surface area (Å²) in [6.45, 7) is 2.45. The van der Waals surface area contributed by atoms with Gasteiger partial charge in [0.1, 0.15) is 0 Å². The summed E-state index contributed by atoms with van der Waals surface area (Å²) < 4.78 is 33.5. The molecule has 0 saturated carbocycles. The zero-order valence-electron chi connectivity index (χ0n) is 10.2. The maximum Gasteiger partial charge on any atom is 0.302 e. The Morgan fingerprint density at radius 1 is 1.56 bits per heavy atom. The van der Waals surface area contributed by atoms with Crippen LogP contribution in [0.1, 0.15) is 19.8 Å². The highest BCUT2D eigenvalue weighted by atomic mass is 32.3. The van der Waals surface area contributed by atoms with Gasteiger partial charge in [0.15, 0.2) is 0 Å². The lowest BCUT2D eigenvalue weighted by atomic mass is 10.1. The van der Waals surface area contributed by atoms with Crippen LogP contribution in [0.2, 0.25) is 0 Å². The average molecular weight is 280 g/mol. The quantitative estimate of drug-likeness (QED) is 0.675. The van der Waals surface area contributed by atoms with Gasteiger partial charge in [-0.3, -0.25) is 9.59 Å². The molecule has 0 radical (unpaired) electrons. The van der Waals surface area contributed by atoms with E-state index in [0.29, 0.717) is 6.54 Å². The van der Waals surface area contributed by atoms with E-state index in [1.807, 2.05) is 6.92 Å². The Hall–Kier alpha value is -1.18. The summed E-state index contributed by atoms with van der Waals surface area (Å²) in [5.41, 5.74) is 0. The predicted molar refractivity (Wildman–Crippen MR) is 62.9 cm³/mol. The van der Waals surface area contributed by atoms with E-state index in [1.165, 1.54) is 4.90 Å². The van der Waals surface area contributed by atoms with E-state index in [1.54, 1.807) is 0 Å². The van der Waals surface area contributed by atoms with Crippen molar-refractivity contribution in [3.8, 4) is 0 Å². The first-order valence-corrected chi connectivity index (χ1v) is 7.34. The minimum atomic E-state index is -4.58. The van der Waals surface area contributed by atoms with Crippen molar-refractivity contribution in [3.05, 3.63) is 0 Å². The maximum absolute atomic E-state index is 12.5. The second-order valence-electron chi connectivity index (χ2n) is 4.40. The molecule has 6 nitrogen and oxygen atoms in total. The van der Waals surface area contributed by atoms with Gasteiger partial charge in [0.25, 0.3) is 0 Å². The zero-order valence-corrected chi connectivity index (χ0v) is 11.0. The summed E-state index contributed by atoms with van der Waals surface area (Å²) in [6, 6.07) is 0. The molecular weight excluding hydrogens is 263 g/mol. The highest BCUT2D eigenvalue weighted by molar-refractivity contribution is 7.86. The summed E-state index contributed by atoms with van der Waals surface area (Å²) in [6.07, 6.45) is 0.770. The van der Waals surface area contributed by atoms with E-state index in [-0.39, 0.29) is 31.3 Å². The van der Waals surface area contributed by atoms with Crippen molar-refractivity contribution in [2.24, 2.45) is 5.92 Å². The van der Waals surface area contributed by atoms with Crippen LogP contribution in [-0.2, 0) is 19.8 Å². The molecule has 0 spiro atoms. The maximum atomic E-state index is 12.5. The monoisotopic (exact) mass is 280 g/mol. The normalized spacial score (nSPS) is 20.2. The lowest BCUT2D eigenvalue weighted by molar-refractivity contribution is -0.133. The Labute approximate surface area is 106 Å². The number of hydrogen-bond acceptors (Lipinski definition) is 4. The fourth-order valence-corrected chi connectivity index (χ4v) is 2.68. The van der Waals surface area contributed by atoms with Gasteiger partial charge < -0.3 is 10.2 Å². The first-order valence-electron chi connectivity index (χ1n) is 5.78. The van der Waals surface area contributed by atoms with Gasteiger partial charge in [-0.2, -0.15) is 8.42 Å². The van der Waals surface area contributed by atoms with Gasteiger partial charge in [0.05, 0.1) is 12.3 Å². The number of carbonyl (C=O) groups excluding carboxylic acids is 2. The standard InChI is InChI=1S/C10H17FN2O4S/c1-2-3-12-9(14)6-13-5-8(4-10(13)15)7-18(11,16)17/h8H,2-7H2,1H3,(H,12,14). The Balaban J connectivity index is 2.45. The van der Waals surface area contributed by atoms with E-state index in [4.69, 9.17) is 0 Å². The molecule has 0 aliphatic carbocycles. The molecule has 1 heterocycles. The van der Waals surface area contributed by atoms with Gasteiger partial charge in [-0.25, -0.2) is 0 Å². The third-order valence-electron chi connectivity index (χ3n) is 2.64. The Kier molecular flexibility index (Phi) is 5.06. The summed E-state index contributed by atoms with van der Waals surface area (Å²) >= 11 is 0. The summed E-state index contributed by atoms with van der Waals surface area (Å²) in [4.78, 5) is 24.2. The first kappa shape index (κ1) is 14.9. The van der Waals surface area contributed by atoms with E-state index < -0.39 is 21.9 Å². The second-order valence-corrected chi connectivity index (χ2v) is 5.81. The summed E-state index contributed by atoms with van der Waals surface area (Å²) in [7, 11) is -4.58. The SMILES string of the molecule is CCCNC(=O)CN1CC(CS(=O)(=O)F)CC1=O. The molecule has 1 aliphatic rings. The highest BCUT2D eigenvalue weighted by Gasteiger charge is 2.33. The summed E-state index contributed by atoms with van der Waals surface area (Å²) in [5.74, 6) is -1.82. The molecule has 1 atom stereocenters. The van der Waals surface area contributed by atoms with Crippen molar-refractivity contribution in [3.63, 3.8) is 0 Å². The van der Waals surface area contributed by atoms with Crippen molar-refractivity contribution in [1.82, 2.24) is 10.2 Å². The van der Waals surface area contributed by atoms with Gasteiger partial charge in [0, 0.05) is 25.4 Å². The number of nitrogens with zero attached hydrogens (tertiary/aromatic N) is 1. The molecule has 1 N–H and O–H groups in total. The average Bonchev–Trinajstić information content (AvgIpc) is 2.53. The molecule has 1 aliphatic heterocycles. The fraction of sp³-hybridized carbons (Fsp3) is 0.800. The Morgan fingerprint density at radius 2 is 2.22 bits per heavy atom. The van der Waals surface area contributed by atoms with Crippen LogP contribution in [0.5, 0.6) is 0 Å². The molecule has 1 fully saturated rings. The Bertz CT molecular complexity index is 424. The van der Waals surface area contributed by atoms with Crippen molar-refractivity contribution in [2.75, 3.05) is 25.4 Å². The molecule has 1 unspecified atom stereocenters. The third kappa shape index (κ3) is 4.99. The summed E-state index contributed by atoms with van der Waals surface area (Å²) in [5, 5.41) is 2.62. The molecular formula is C10H17FN2O4S. The minimum Gasteiger partial charge on any atom is -0.355 e. The predicted octanol–water partition coefficient (Wildman–Crippen LogP) is -0.340. The molecule has 8 heteroatoms. The molecule has 1 rings (SSSR count). The first-order chi connectivity index (χ1) is 8.31. The zero-order chi connectivity index (χ0) is 13.8. The van der Waals surface area contributed by atoms with Gasteiger partial charge in [-0.15, -0.1) is 3.89 Å². The molecule has 0 aromatic rings. The van der Waals surface area contributed by atoms with E-state index in [2.05, 4.69) is 5.32 Å². The lowest BCUT2D eigenvalue weighted by Gasteiger charge is -2.15. The van der Waals surface area contributed by atoms with Crippen LogP contribution in [0.4, 0.5) is 3.89 Å². The molecule has 2 amide bonds. The third-order valence-corrected chi connectivity index (χ3v) is 3.51. The van der Waals surface area contributed by atoms with E-state index >= 15 is 0 Å². The van der Waals surface area contributed by atoms with E-state index in [9.17, 15) is 21.9 Å². The molecule has 18 heavy (non-hydrogen) atoms. The number of carbonyl (C=O) groups is 2. The topological polar surface area (TPSA) is 83.6 Å². The van der Waals surface area contributed by atoms with Gasteiger partial charge in [0.2, 0.25) is 11.8 Å². The lowest BCUT2D eigenvalue weighted by Crippen LogP contribution is -2.38. The molecule has 0 aromatic heterocycles. The molecule has 0 aromatic carbocycles. The number of amides is 2. The number of likely N-dealkylation sites (tertiary alicyclic amines) is 1. The van der Waals surface area contributed by atoms with Gasteiger partial charge >= 0.3 is 10.2 Å². The second kappa shape index (κ2) is 6.12. The van der Waals surface area contributed by atoms with Crippen molar-refractivity contribution < 1.29 is 21.9 Å². The molecule has 1 saturated heterocycles. The fourth-order valence-electron chi connectivity index (χ4n) is 1.89. The number of halogens is 1. The van der Waals surface area contributed by atoms with Gasteiger partial charge in [-0.05, 0) is 6.42 Å². The van der Waals surface area contributed by atoms with Crippen LogP contribution in [0.25, 0.3) is 0 Å². The van der Waals surface area contributed by atoms with Crippen LogP contribution in [0, 0.1) is 5.92 Å². The minimum absolute atomic E-state index is 0.0236. The van der Waals surface area contributed by atoms with Crippen molar-refractivity contribution in [1.29, 1.82) is 0 Å². The molecule has 0 bridgehead atoms. The number of nitrogens with one attached hydrogen (secondary N) is 1. The van der Waals surface area contributed by atoms with Crippen LogP contribution in [0.3, 0.4) is 0 Å².